The Hall–Kier alpha value is -1.32. The summed E-state index contributed by atoms with van der Waals surface area (Å²) in [5.41, 5.74) is 0. The Morgan fingerprint density at radius 2 is 1.50 bits per heavy atom. The number of aliphatic imine (C=N–C) groups is 1. The minimum absolute atomic E-state index is 0.251. The van der Waals surface area contributed by atoms with E-state index in [0.717, 1.165) is 12.8 Å². The van der Waals surface area contributed by atoms with E-state index in [1.54, 1.807) is 11.2 Å². The zero-order valence-electron chi connectivity index (χ0n) is 17.0. The minimum Gasteiger partial charge on any atom is -0.449 e. The lowest BCUT2D eigenvalue weighted by Crippen LogP contribution is -2.28. The van der Waals surface area contributed by atoms with Gasteiger partial charge in [-0.25, -0.2) is 4.79 Å². The van der Waals surface area contributed by atoms with Crippen molar-refractivity contribution in [2.45, 2.75) is 96.8 Å². The van der Waals surface area contributed by atoms with Gasteiger partial charge in [-0.3, -0.25) is 9.89 Å². The molecule has 0 atom stereocenters. The molecule has 0 aromatic heterocycles. The smallest absolute Gasteiger partial charge is 0.415 e. The summed E-state index contributed by atoms with van der Waals surface area (Å²) in [5.74, 6) is 0. The van der Waals surface area contributed by atoms with E-state index in [1.165, 1.54) is 77.0 Å². The van der Waals surface area contributed by atoms with Crippen LogP contribution in [-0.4, -0.2) is 37.0 Å². The third-order valence-corrected chi connectivity index (χ3v) is 4.81. The molecule has 0 unspecified atom stereocenters. The molecule has 0 N–H and O–H groups in total. The molecule has 0 radical (unpaired) electrons. The van der Waals surface area contributed by atoms with E-state index in [-0.39, 0.29) is 6.09 Å². The number of nitrogens with zero attached hydrogens (tertiary/aromatic N) is 2. The summed E-state index contributed by atoms with van der Waals surface area (Å²) in [4.78, 5) is 17.2. The van der Waals surface area contributed by atoms with Crippen molar-refractivity contribution in [3.8, 4) is 0 Å². The van der Waals surface area contributed by atoms with Crippen molar-refractivity contribution in [3.05, 3.63) is 12.2 Å². The van der Waals surface area contributed by atoms with Gasteiger partial charge in [-0.05, 0) is 32.1 Å². The van der Waals surface area contributed by atoms with Crippen LogP contribution in [0.1, 0.15) is 96.8 Å². The molecular weight excluding hydrogens is 324 g/mol. The normalized spacial score (nSPS) is 13.8. The molecule has 0 aromatic carbocycles. The third-order valence-electron chi connectivity index (χ3n) is 4.81. The fourth-order valence-corrected chi connectivity index (χ4v) is 3.11. The Morgan fingerprint density at radius 3 is 2.08 bits per heavy atom. The maximum absolute atomic E-state index is 11.6. The Bertz CT molecular complexity index is 394. The molecule has 26 heavy (non-hydrogen) atoms. The Kier molecular flexibility index (Phi) is 15.0. The van der Waals surface area contributed by atoms with Crippen molar-refractivity contribution >= 4 is 12.4 Å². The summed E-state index contributed by atoms with van der Waals surface area (Å²) in [6.07, 6.45) is 24.1. The zero-order valence-corrected chi connectivity index (χ0v) is 17.0. The summed E-state index contributed by atoms with van der Waals surface area (Å²) < 4.78 is 5.23. The monoisotopic (exact) mass is 364 g/mol. The van der Waals surface area contributed by atoms with Crippen LogP contribution in [-0.2, 0) is 4.74 Å². The largest absolute Gasteiger partial charge is 0.449 e. The third kappa shape index (κ3) is 13.0. The van der Waals surface area contributed by atoms with E-state index in [9.17, 15) is 4.79 Å². The number of hydrogen-bond acceptors (Lipinski definition) is 3. The van der Waals surface area contributed by atoms with Crippen LogP contribution >= 0.6 is 0 Å². The summed E-state index contributed by atoms with van der Waals surface area (Å²) in [5, 5.41) is 0. The van der Waals surface area contributed by atoms with Gasteiger partial charge in [0.15, 0.2) is 0 Å². The minimum atomic E-state index is -0.251. The standard InChI is InChI=1S/C22H40N2O2/c1-2-3-4-5-6-7-8-9-10-11-12-13-14-15-16-17-20-26-22(25)24-19-18-23-21-24/h9-10,21H,2-8,11-20H2,1H3/b10-9-. The quantitative estimate of drug-likeness (QED) is 0.231. The van der Waals surface area contributed by atoms with Crippen molar-refractivity contribution in [1.82, 2.24) is 4.90 Å². The summed E-state index contributed by atoms with van der Waals surface area (Å²) >= 11 is 0. The van der Waals surface area contributed by atoms with Crippen LogP contribution in [0.4, 0.5) is 4.79 Å². The average Bonchev–Trinajstić information content (AvgIpc) is 3.19. The fraction of sp³-hybridized carbons (Fsp3) is 0.818. The molecule has 1 amide bonds. The number of carbonyl (C=O) groups is 1. The van der Waals surface area contributed by atoms with Gasteiger partial charge in [0.1, 0.15) is 0 Å². The highest BCUT2D eigenvalue weighted by Crippen LogP contribution is 2.10. The topological polar surface area (TPSA) is 41.9 Å². The molecule has 0 saturated carbocycles. The number of rotatable bonds is 16. The molecule has 150 valence electrons. The molecule has 4 heteroatoms. The first-order chi connectivity index (χ1) is 12.8. The Morgan fingerprint density at radius 1 is 0.923 bits per heavy atom. The predicted molar refractivity (Wildman–Crippen MR) is 111 cm³/mol. The highest BCUT2D eigenvalue weighted by molar-refractivity contribution is 5.83. The number of ether oxygens (including phenoxy) is 1. The van der Waals surface area contributed by atoms with Gasteiger partial charge in [-0.1, -0.05) is 76.9 Å². The first-order valence-corrected chi connectivity index (χ1v) is 10.9. The number of amides is 1. The van der Waals surface area contributed by atoms with Gasteiger partial charge in [0.05, 0.1) is 19.5 Å². The Labute approximate surface area is 161 Å². The highest BCUT2D eigenvalue weighted by Gasteiger charge is 2.15. The summed E-state index contributed by atoms with van der Waals surface area (Å²) in [7, 11) is 0. The van der Waals surface area contributed by atoms with E-state index in [1.807, 2.05) is 0 Å². The van der Waals surface area contributed by atoms with Gasteiger partial charge in [0.2, 0.25) is 0 Å². The molecule has 4 nitrogen and oxygen atoms in total. The maximum Gasteiger partial charge on any atom is 0.415 e. The molecule has 1 rings (SSSR count). The zero-order chi connectivity index (χ0) is 18.7. The van der Waals surface area contributed by atoms with Gasteiger partial charge < -0.3 is 4.74 Å². The van der Waals surface area contributed by atoms with Crippen LogP contribution < -0.4 is 0 Å². The van der Waals surface area contributed by atoms with Crippen molar-refractivity contribution < 1.29 is 9.53 Å². The fourth-order valence-electron chi connectivity index (χ4n) is 3.11. The second-order valence-corrected chi connectivity index (χ2v) is 7.27. The second kappa shape index (κ2) is 17.1. The number of unbranched alkanes of at least 4 members (excludes halogenated alkanes) is 12. The lowest BCUT2D eigenvalue weighted by atomic mass is 10.1. The second-order valence-electron chi connectivity index (χ2n) is 7.27. The van der Waals surface area contributed by atoms with E-state index >= 15 is 0 Å². The number of allylic oxidation sites excluding steroid dienone is 2. The molecule has 1 heterocycles. The van der Waals surface area contributed by atoms with Gasteiger partial charge in [0, 0.05) is 6.54 Å². The predicted octanol–water partition coefficient (Wildman–Crippen LogP) is 6.50. The van der Waals surface area contributed by atoms with Crippen molar-refractivity contribution in [1.29, 1.82) is 0 Å². The molecule has 0 spiro atoms. The average molecular weight is 365 g/mol. The van der Waals surface area contributed by atoms with Crippen LogP contribution in [0.3, 0.4) is 0 Å². The van der Waals surface area contributed by atoms with Crippen molar-refractivity contribution in [3.63, 3.8) is 0 Å². The first-order valence-electron chi connectivity index (χ1n) is 10.9. The molecule has 0 fully saturated rings. The lowest BCUT2D eigenvalue weighted by Gasteiger charge is -2.11. The molecule has 0 saturated heterocycles. The number of hydrogen-bond donors (Lipinski definition) is 0. The van der Waals surface area contributed by atoms with Crippen LogP contribution in [0.15, 0.2) is 17.1 Å². The van der Waals surface area contributed by atoms with Gasteiger partial charge in [0.25, 0.3) is 0 Å². The molecule has 1 aliphatic rings. The van der Waals surface area contributed by atoms with Gasteiger partial charge in [-0.15, -0.1) is 0 Å². The van der Waals surface area contributed by atoms with E-state index in [0.29, 0.717) is 19.7 Å². The van der Waals surface area contributed by atoms with Crippen LogP contribution in [0.2, 0.25) is 0 Å². The van der Waals surface area contributed by atoms with E-state index in [2.05, 4.69) is 24.1 Å². The highest BCUT2D eigenvalue weighted by atomic mass is 16.6. The maximum atomic E-state index is 11.6. The lowest BCUT2D eigenvalue weighted by molar-refractivity contribution is 0.124. The Balaban J connectivity index is 1.74. The summed E-state index contributed by atoms with van der Waals surface area (Å²) in [6.45, 7) is 4.16. The SMILES string of the molecule is CCCCCCCC/C=C\CCCCCCCCOC(=O)N1C=NCC1. The molecule has 0 bridgehead atoms. The van der Waals surface area contributed by atoms with Crippen LogP contribution in [0, 0.1) is 0 Å². The van der Waals surface area contributed by atoms with Crippen LogP contribution in [0.5, 0.6) is 0 Å². The van der Waals surface area contributed by atoms with Gasteiger partial charge >= 0.3 is 6.09 Å². The molecule has 0 aliphatic carbocycles. The van der Waals surface area contributed by atoms with Crippen LogP contribution in [0.25, 0.3) is 0 Å². The molecule has 1 aliphatic heterocycles. The summed E-state index contributed by atoms with van der Waals surface area (Å²) in [6, 6.07) is 0. The first kappa shape index (κ1) is 22.7. The number of carbonyl (C=O) groups excluding carboxylic acids is 1. The van der Waals surface area contributed by atoms with Crippen molar-refractivity contribution in [2.75, 3.05) is 19.7 Å². The molecular formula is C22H40N2O2. The molecule has 0 aromatic rings. The van der Waals surface area contributed by atoms with E-state index < -0.39 is 0 Å². The van der Waals surface area contributed by atoms with Gasteiger partial charge in [-0.2, -0.15) is 0 Å². The van der Waals surface area contributed by atoms with E-state index in [4.69, 9.17) is 4.74 Å². The van der Waals surface area contributed by atoms with Crippen molar-refractivity contribution in [2.24, 2.45) is 4.99 Å².